The van der Waals surface area contributed by atoms with Gasteiger partial charge in [0.15, 0.2) is 5.16 Å². The lowest BCUT2D eigenvalue weighted by molar-refractivity contribution is -0.119. The zero-order chi connectivity index (χ0) is 19.6. The van der Waals surface area contributed by atoms with Crippen LogP contribution in [0.5, 0.6) is 0 Å². The van der Waals surface area contributed by atoms with Gasteiger partial charge in [-0.25, -0.2) is 18.5 Å². The van der Waals surface area contributed by atoms with E-state index < -0.39 is 10.0 Å². The molecule has 0 saturated heterocycles. The van der Waals surface area contributed by atoms with Crippen LogP contribution < -0.4 is 10.5 Å². The summed E-state index contributed by atoms with van der Waals surface area (Å²) in [6.07, 6.45) is 0. The van der Waals surface area contributed by atoms with Gasteiger partial charge in [-0.05, 0) is 30.7 Å². The molecule has 0 saturated carbocycles. The number of primary sulfonamides is 1. The number of rotatable bonds is 6. The van der Waals surface area contributed by atoms with Crippen LogP contribution in [0, 0.1) is 0 Å². The Morgan fingerprint density at radius 1 is 1.26 bits per heavy atom. The average molecular weight is 405 g/mol. The molecule has 7 nitrogen and oxygen atoms in total. The number of carbonyl (C=O) groups is 1. The average Bonchev–Trinajstić information content (AvgIpc) is 2.95. The SMILES string of the molecule is CC(NC(=O)CSc1nc2cc(S(N)(=O)=O)ccc2n1C)c1ccccc1. The van der Waals surface area contributed by atoms with Crippen molar-refractivity contribution in [2.24, 2.45) is 12.2 Å². The van der Waals surface area contributed by atoms with E-state index in [0.717, 1.165) is 11.1 Å². The predicted molar refractivity (Wildman–Crippen MR) is 106 cm³/mol. The minimum Gasteiger partial charge on any atom is -0.349 e. The number of aromatic nitrogens is 2. The Hall–Kier alpha value is -2.36. The lowest BCUT2D eigenvalue weighted by atomic mass is 10.1. The molecule has 0 spiro atoms. The standard InChI is InChI=1S/C18H20N4O3S2/c1-12(13-6-4-3-5-7-13)20-17(23)11-26-18-21-15-10-14(27(19,24)25)8-9-16(15)22(18)2/h3-10,12H,11H2,1-2H3,(H,20,23)(H2,19,24,25). The number of fused-ring (bicyclic) bond motifs is 1. The van der Waals surface area contributed by atoms with Gasteiger partial charge in [0.05, 0.1) is 27.7 Å². The highest BCUT2D eigenvalue weighted by atomic mass is 32.2. The van der Waals surface area contributed by atoms with Gasteiger partial charge in [-0.3, -0.25) is 4.79 Å². The number of nitrogens with zero attached hydrogens (tertiary/aromatic N) is 2. The van der Waals surface area contributed by atoms with Crippen molar-refractivity contribution in [3.63, 3.8) is 0 Å². The maximum atomic E-state index is 12.2. The summed E-state index contributed by atoms with van der Waals surface area (Å²) in [6, 6.07) is 14.2. The zero-order valence-electron chi connectivity index (χ0n) is 14.9. The first kappa shape index (κ1) is 19.4. The monoisotopic (exact) mass is 404 g/mol. The van der Waals surface area contributed by atoms with Crippen molar-refractivity contribution in [1.82, 2.24) is 14.9 Å². The van der Waals surface area contributed by atoms with Gasteiger partial charge in [-0.1, -0.05) is 42.1 Å². The largest absolute Gasteiger partial charge is 0.349 e. The molecule has 3 aromatic rings. The molecule has 0 fully saturated rings. The number of hydrogen-bond donors (Lipinski definition) is 2. The van der Waals surface area contributed by atoms with Crippen LogP contribution >= 0.6 is 11.8 Å². The van der Waals surface area contributed by atoms with Crippen molar-refractivity contribution >= 4 is 38.7 Å². The van der Waals surface area contributed by atoms with E-state index in [1.807, 2.05) is 48.9 Å². The van der Waals surface area contributed by atoms with E-state index in [9.17, 15) is 13.2 Å². The molecule has 2 aromatic carbocycles. The zero-order valence-corrected chi connectivity index (χ0v) is 16.5. The Bertz CT molecular complexity index is 1080. The van der Waals surface area contributed by atoms with Gasteiger partial charge in [-0.2, -0.15) is 0 Å². The lowest BCUT2D eigenvalue weighted by Gasteiger charge is -2.14. The smallest absolute Gasteiger partial charge is 0.238 e. The number of nitrogens with two attached hydrogens (primary N) is 1. The summed E-state index contributed by atoms with van der Waals surface area (Å²) in [5.41, 5.74) is 2.32. The molecule has 1 heterocycles. The molecule has 0 aliphatic heterocycles. The first-order valence-corrected chi connectivity index (χ1v) is 10.8. The molecule has 0 aliphatic carbocycles. The quantitative estimate of drug-likeness (QED) is 0.613. The Balaban J connectivity index is 1.69. The van der Waals surface area contributed by atoms with Gasteiger partial charge in [0.1, 0.15) is 0 Å². The summed E-state index contributed by atoms with van der Waals surface area (Å²) < 4.78 is 24.8. The van der Waals surface area contributed by atoms with E-state index >= 15 is 0 Å². The first-order chi connectivity index (χ1) is 12.8. The molecule has 27 heavy (non-hydrogen) atoms. The second-order valence-electron chi connectivity index (χ2n) is 6.14. The van der Waals surface area contributed by atoms with Crippen molar-refractivity contribution in [3.05, 3.63) is 54.1 Å². The van der Waals surface area contributed by atoms with E-state index in [1.165, 1.54) is 23.9 Å². The highest BCUT2D eigenvalue weighted by Crippen LogP contribution is 2.24. The van der Waals surface area contributed by atoms with Gasteiger partial charge < -0.3 is 9.88 Å². The molecule has 0 bridgehead atoms. The van der Waals surface area contributed by atoms with Crippen LogP contribution in [-0.2, 0) is 21.9 Å². The first-order valence-electron chi connectivity index (χ1n) is 8.22. The number of thioether (sulfide) groups is 1. The summed E-state index contributed by atoms with van der Waals surface area (Å²) in [5, 5.41) is 8.75. The van der Waals surface area contributed by atoms with Crippen molar-refractivity contribution in [2.45, 2.75) is 23.0 Å². The fourth-order valence-corrected chi connectivity index (χ4v) is 4.03. The van der Waals surface area contributed by atoms with Crippen LogP contribution in [-0.4, -0.2) is 29.6 Å². The Labute approximate surface area is 162 Å². The number of imidazole rings is 1. The van der Waals surface area contributed by atoms with Crippen LogP contribution in [0.3, 0.4) is 0 Å². The summed E-state index contributed by atoms with van der Waals surface area (Å²) >= 11 is 1.29. The van der Waals surface area contributed by atoms with Crippen LogP contribution in [0.4, 0.5) is 0 Å². The van der Waals surface area contributed by atoms with Crippen LogP contribution in [0.25, 0.3) is 11.0 Å². The lowest BCUT2D eigenvalue weighted by Crippen LogP contribution is -2.28. The third-order valence-electron chi connectivity index (χ3n) is 4.15. The predicted octanol–water partition coefficient (Wildman–Crippen LogP) is 2.19. The molecule has 1 atom stereocenters. The van der Waals surface area contributed by atoms with Gasteiger partial charge in [0, 0.05) is 7.05 Å². The van der Waals surface area contributed by atoms with E-state index in [2.05, 4.69) is 10.3 Å². The normalized spacial score (nSPS) is 12.9. The third-order valence-corrected chi connectivity index (χ3v) is 6.09. The summed E-state index contributed by atoms with van der Waals surface area (Å²) in [4.78, 5) is 16.7. The van der Waals surface area contributed by atoms with E-state index in [-0.39, 0.29) is 22.6 Å². The maximum Gasteiger partial charge on any atom is 0.238 e. The fourth-order valence-electron chi connectivity index (χ4n) is 2.70. The molecule has 0 aliphatic rings. The molecule has 1 amide bonds. The molecule has 3 rings (SSSR count). The Kier molecular flexibility index (Phi) is 5.54. The third kappa shape index (κ3) is 4.49. The second kappa shape index (κ2) is 7.71. The number of sulfonamides is 1. The Morgan fingerprint density at radius 2 is 1.96 bits per heavy atom. The van der Waals surface area contributed by atoms with Crippen molar-refractivity contribution in [2.75, 3.05) is 5.75 Å². The molecule has 9 heteroatoms. The van der Waals surface area contributed by atoms with Crippen molar-refractivity contribution in [1.29, 1.82) is 0 Å². The molecule has 1 aromatic heterocycles. The minimum absolute atomic E-state index is 0.0130. The van der Waals surface area contributed by atoms with Gasteiger partial charge in [0.2, 0.25) is 15.9 Å². The highest BCUT2D eigenvalue weighted by molar-refractivity contribution is 7.99. The van der Waals surface area contributed by atoms with Gasteiger partial charge in [0.25, 0.3) is 0 Å². The second-order valence-corrected chi connectivity index (χ2v) is 8.64. The van der Waals surface area contributed by atoms with Crippen molar-refractivity contribution < 1.29 is 13.2 Å². The number of nitrogens with one attached hydrogen (secondary N) is 1. The van der Waals surface area contributed by atoms with Gasteiger partial charge >= 0.3 is 0 Å². The van der Waals surface area contributed by atoms with Crippen molar-refractivity contribution in [3.8, 4) is 0 Å². The fraction of sp³-hybridized carbons (Fsp3) is 0.222. The number of carbonyl (C=O) groups excluding carboxylic acids is 1. The van der Waals surface area contributed by atoms with E-state index in [1.54, 1.807) is 6.07 Å². The summed E-state index contributed by atoms with van der Waals surface area (Å²) in [6.45, 7) is 1.93. The van der Waals surface area contributed by atoms with Crippen LogP contribution in [0.2, 0.25) is 0 Å². The van der Waals surface area contributed by atoms with E-state index in [4.69, 9.17) is 5.14 Å². The van der Waals surface area contributed by atoms with Gasteiger partial charge in [-0.15, -0.1) is 0 Å². The minimum atomic E-state index is -3.78. The topological polar surface area (TPSA) is 107 Å². The number of hydrogen-bond acceptors (Lipinski definition) is 5. The number of aryl methyl sites for hydroxylation is 1. The molecule has 1 unspecified atom stereocenters. The molecule has 142 valence electrons. The van der Waals surface area contributed by atoms with Crippen LogP contribution in [0.1, 0.15) is 18.5 Å². The van der Waals surface area contributed by atoms with E-state index in [0.29, 0.717) is 10.7 Å². The maximum absolute atomic E-state index is 12.2. The molecule has 0 radical (unpaired) electrons. The van der Waals surface area contributed by atoms with Crippen LogP contribution in [0.15, 0.2) is 58.6 Å². The summed E-state index contributed by atoms with van der Waals surface area (Å²) in [5.74, 6) is 0.102. The molecular weight excluding hydrogens is 384 g/mol. The molecule has 3 N–H and O–H groups in total. The number of benzene rings is 2. The molecular formula is C18H20N4O3S2. The number of amides is 1. The highest BCUT2D eigenvalue weighted by Gasteiger charge is 2.15. The Morgan fingerprint density at radius 3 is 2.63 bits per heavy atom. The summed E-state index contributed by atoms with van der Waals surface area (Å²) in [7, 11) is -1.97.